The van der Waals surface area contributed by atoms with E-state index in [4.69, 9.17) is 0 Å². The van der Waals surface area contributed by atoms with Gasteiger partial charge in [-0.15, -0.1) is 0 Å². The van der Waals surface area contributed by atoms with Crippen molar-refractivity contribution in [2.45, 2.75) is 18.7 Å². The maximum absolute atomic E-state index is 13.4. The second-order valence-corrected chi connectivity index (χ2v) is 8.16. The molecule has 27 heavy (non-hydrogen) atoms. The van der Waals surface area contributed by atoms with E-state index in [1.54, 1.807) is 0 Å². The average Bonchev–Trinajstić information content (AvgIpc) is 2.61. The molecule has 2 heterocycles. The molecule has 1 aliphatic heterocycles. The van der Waals surface area contributed by atoms with E-state index in [2.05, 4.69) is 15.3 Å². The third-order valence-electron chi connectivity index (χ3n) is 4.21. The number of rotatable bonds is 5. The van der Waals surface area contributed by atoms with Crippen molar-refractivity contribution in [1.29, 1.82) is 0 Å². The van der Waals surface area contributed by atoms with Crippen LogP contribution in [0.3, 0.4) is 0 Å². The molecule has 0 spiro atoms. The number of nitrogens with zero attached hydrogens (tertiary/aromatic N) is 4. The van der Waals surface area contributed by atoms with Crippen molar-refractivity contribution in [2.75, 3.05) is 42.9 Å². The molecule has 1 fully saturated rings. The summed E-state index contributed by atoms with van der Waals surface area (Å²) in [7, 11) is -3.96. The number of anilines is 2. The van der Waals surface area contributed by atoms with Gasteiger partial charge >= 0.3 is 0 Å². The van der Waals surface area contributed by atoms with E-state index in [1.807, 2.05) is 24.8 Å². The van der Waals surface area contributed by atoms with Crippen molar-refractivity contribution in [1.82, 2.24) is 14.3 Å². The van der Waals surface area contributed by atoms with Crippen LogP contribution >= 0.6 is 0 Å². The van der Waals surface area contributed by atoms with E-state index in [9.17, 15) is 17.2 Å². The zero-order valence-corrected chi connectivity index (χ0v) is 15.9. The van der Waals surface area contributed by atoms with Gasteiger partial charge in [-0.2, -0.15) is 9.29 Å². The first-order valence-electron chi connectivity index (χ1n) is 8.60. The summed E-state index contributed by atoms with van der Waals surface area (Å²) < 4.78 is 53.4. The van der Waals surface area contributed by atoms with Gasteiger partial charge < -0.3 is 10.2 Å². The number of nitrogens with one attached hydrogen (secondary N) is 1. The van der Waals surface area contributed by atoms with Gasteiger partial charge in [-0.3, -0.25) is 0 Å². The Labute approximate surface area is 157 Å². The Balaban J connectivity index is 1.75. The summed E-state index contributed by atoms with van der Waals surface area (Å²) in [4.78, 5) is 10.3. The van der Waals surface area contributed by atoms with E-state index >= 15 is 0 Å². The van der Waals surface area contributed by atoms with Crippen LogP contribution in [0.2, 0.25) is 0 Å². The number of halogens is 2. The predicted octanol–water partition coefficient (Wildman–Crippen LogP) is 2.01. The number of benzene rings is 1. The fourth-order valence-electron chi connectivity index (χ4n) is 2.94. The minimum Gasteiger partial charge on any atom is -0.354 e. The van der Waals surface area contributed by atoms with Gasteiger partial charge in [-0.25, -0.2) is 22.2 Å². The average molecular weight is 397 g/mol. The summed E-state index contributed by atoms with van der Waals surface area (Å²) in [5.74, 6) is -0.593. The van der Waals surface area contributed by atoms with Crippen LogP contribution in [-0.4, -0.2) is 55.4 Å². The Morgan fingerprint density at radius 2 is 1.67 bits per heavy atom. The first kappa shape index (κ1) is 19.4. The van der Waals surface area contributed by atoms with E-state index in [0.717, 1.165) is 17.8 Å². The SMILES string of the molecule is CCNc1nc(C)cc(N2CCN(S(=O)(=O)c3cc(F)cc(F)c3)CC2)n1. The number of aryl methyl sites for hydroxylation is 1. The molecule has 7 nitrogen and oxygen atoms in total. The Morgan fingerprint density at radius 1 is 1.04 bits per heavy atom. The molecule has 0 amide bonds. The Bertz CT molecular complexity index is 911. The van der Waals surface area contributed by atoms with Crippen LogP contribution in [0.15, 0.2) is 29.2 Å². The minimum atomic E-state index is -3.96. The van der Waals surface area contributed by atoms with Gasteiger partial charge in [0.05, 0.1) is 4.90 Å². The van der Waals surface area contributed by atoms with Crippen LogP contribution in [0, 0.1) is 18.6 Å². The smallest absolute Gasteiger partial charge is 0.243 e. The molecule has 1 aromatic heterocycles. The highest BCUT2D eigenvalue weighted by molar-refractivity contribution is 7.89. The summed E-state index contributed by atoms with van der Waals surface area (Å²) in [6, 6.07) is 4.16. The quantitative estimate of drug-likeness (QED) is 0.832. The van der Waals surface area contributed by atoms with E-state index in [0.29, 0.717) is 37.5 Å². The van der Waals surface area contributed by atoms with Crippen molar-refractivity contribution in [2.24, 2.45) is 0 Å². The monoisotopic (exact) mass is 397 g/mol. The highest BCUT2D eigenvalue weighted by Gasteiger charge is 2.30. The van der Waals surface area contributed by atoms with Crippen LogP contribution in [-0.2, 0) is 10.0 Å². The third-order valence-corrected chi connectivity index (χ3v) is 6.09. The van der Waals surface area contributed by atoms with Gasteiger partial charge in [0.25, 0.3) is 0 Å². The number of hydrogen-bond donors (Lipinski definition) is 1. The highest BCUT2D eigenvalue weighted by Crippen LogP contribution is 2.22. The van der Waals surface area contributed by atoms with Crippen molar-refractivity contribution >= 4 is 21.8 Å². The van der Waals surface area contributed by atoms with Crippen molar-refractivity contribution < 1.29 is 17.2 Å². The second-order valence-electron chi connectivity index (χ2n) is 6.22. The zero-order valence-electron chi connectivity index (χ0n) is 15.1. The molecule has 10 heteroatoms. The molecule has 2 aromatic rings. The number of sulfonamides is 1. The molecule has 3 rings (SSSR count). The molecule has 1 aliphatic rings. The lowest BCUT2D eigenvalue weighted by Gasteiger charge is -2.34. The lowest BCUT2D eigenvalue weighted by Crippen LogP contribution is -2.49. The Kier molecular flexibility index (Phi) is 5.56. The molecule has 0 bridgehead atoms. The van der Waals surface area contributed by atoms with Crippen LogP contribution in [0.1, 0.15) is 12.6 Å². The molecular formula is C17H21F2N5O2S. The summed E-state index contributed by atoms with van der Waals surface area (Å²) in [6.07, 6.45) is 0. The molecule has 146 valence electrons. The number of hydrogen-bond acceptors (Lipinski definition) is 6. The van der Waals surface area contributed by atoms with Gasteiger partial charge in [0.1, 0.15) is 17.5 Å². The normalized spacial score (nSPS) is 15.8. The van der Waals surface area contributed by atoms with E-state index in [1.165, 1.54) is 4.31 Å². The topological polar surface area (TPSA) is 78.4 Å². The first-order chi connectivity index (χ1) is 12.8. The summed E-state index contributed by atoms with van der Waals surface area (Å²) in [6.45, 7) is 5.73. The highest BCUT2D eigenvalue weighted by atomic mass is 32.2. The molecule has 0 saturated carbocycles. The van der Waals surface area contributed by atoms with Crippen LogP contribution in [0.5, 0.6) is 0 Å². The molecule has 1 saturated heterocycles. The molecule has 0 radical (unpaired) electrons. The summed E-state index contributed by atoms with van der Waals surface area (Å²) in [5, 5.41) is 3.07. The van der Waals surface area contributed by atoms with Crippen molar-refractivity contribution in [3.8, 4) is 0 Å². The molecule has 1 N–H and O–H groups in total. The fourth-order valence-corrected chi connectivity index (χ4v) is 4.40. The molecule has 0 aliphatic carbocycles. The first-order valence-corrected chi connectivity index (χ1v) is 10.0. The lowest BCUT2D eigenvalue weighted by atomic mass is 10.3. The maximum atomic E-state index is 13.4. The van der Waals surface area contributed by atoms with Crippen molar-refractivity contribution in [3.05, 3.63) is 41.6 Å². The Hall–Kier alpha value is -2.33. The predicted molar refractivity (Wildman–Crippen MR) is 98.3 cm³/mol. The van der Waals surface area contributed by atoms with Gasteiger partial charge in [-0.05, 0) is 26.0 Å². The summed E-state index contributed by atoms with van der Waals surface area (Å²) in [5.41, 5.74) is 0.807. The van der Waals surface area contributed by atoms with Gasteiger partial charge in [0, 0.05) is 50.6 Å². The standard InChI is InChI=1S/C17H21F2N5O2S/c1-3-20-17-21-12(2)8-16(22-17)23-4-6-24(7-5-23)27(25,26)15-10-13(18)9-14(19)11-15/h8-11H,3-7H2,1-2H3,(H,20,21,22). The summed E-state index contributed by atoms with van der Waals surface area (Å²) >= 11 is 0. The molecular weight excluding hydrogens is 376 g/mol. The van der Waals surface area contributed by atoms with Gasteiger partial charge in [0.2, 0.25) is 16.0 Å². The molecule has 0 unspecified atom stereocenters. The van der Waals surface area contributed by atoms with E-state index < -0.39 is 21.7 Å². The molecule has 1 aromatic carbocycles. The third kappa shape index (κ3) is 4.33. The fraction of sp³-hybridized carbons (Fsp3) is 0.412. The van der Waals surface area contributed by atoms with E-state index in [-0.39, 0.29) is 18.0 Å². The largest absolute Gasteiger partial charge is 0.354 e. The van der Waals surface area contributed by atoms with Crippen molar-refractivity contribution in [3.63, 3.8) is 0 Å². The number of piperazine rings is 1. The second kappa shape index (κ2) is 7.73. The van der Waals surface area contributed by atoms with Crippen LogP contribution in [0.25, 0.3) is 0 Å². The zero-order chi connectivity index (χ0) is 19.6. The Morgan fingerprint density at radius 3 is 2.26 bits per heavy atom. The minimum absolute atomic E-state index is 0.194. The van der Waals surface area contributed by atoms with Crippen LogP contribution < -0.4 is 10.2 Å². The maximum Gasteiger partial charge on any atom is 0.243 e. The van der Waals surface area contributed by atoms with Crippen LogP contribution in [0.4, 0.5) is 20.5 Å². The van der Waals surface area contributed by atoms with Gasteiger partial charge in [-0.1, -0.05) is 0 Å². The van der Waals surface area contributed by atoms with Gasteiger partial charge in [0.15, 0.2) is 0 Å². The molecule has 0 atom stereocenters. The lowest BCUT2D eigenvalue weighted by molar-refractivity contribution is 0.383. The number of aromatic nitrogens is 2.